The first-order chi connectivity index (χ1) is 12.4. The van der Waals surface area contributed by atoms with Crippen LogP contribution in [0.1, 0.15) is 25.0 Å². The van der Waals surface area contributed by atoms with Crippen LogP contribution in [0.5, 0.6) is 11.5 Å². The average Bonchev–Trinajstić information content (AvgIpc) is 2.90. The first-order valence-corrected chi connectivity index (χ1v) is 8.87. The molecule has 0 saturated carbocycles. The van der Waals surface area contributed by atoms with Gasteiger partial charge in [-0.3, -0.25) is 4.79 Å². The second-order valence-electron chi connectivity index (χ2n) is 6.86. The number of nitrogens with one attached hydrogen (secondary N) is 1. The van der Waals surface area contributed by atoms with Crippen molar-refractivity contribution in [1.29, 1.82) is 0 Å². The van der Waals surface area contributed by atoms with Gasteiger partial charge in [0, 0.05) is 22.6 Å². The van der Waals surface area contributed by atoms with Crippen molar-refractivity contribution in [3.05, 3.63) is 58.4 Å². The van der Waals surface area contributed by atoms with E-state index in [2.05, 4.69) is 5.32 Å². The van der Waals surface area contributed by atoms with Gasteiger partial charge in [0.2, 0.25) is 5.91 Å². The lowest BCUT2D eigenvalue weighted by Gasteiger charge is -2.18. The molecule has 6 heteroatoms. The van der Waals surface area contributed by atoms with E-state index in [0.29, 0.717) is 12.3 Å². The molecule has 0 bridgehead atoms. The standard InChI is InChI=1S/C20H21ClFNO3/c1-20(2)12-13-5-3-8-17(19(13)26-20)25-10-9-23-18(24)11-14-15(21)6-4-7-16(14)22/h3-8H,9-12H2,1-2H3,(H,23,24). The van der Waals surface area contributed by atoms with Gasteiger partial charge in [0.15, 0.2) is 11.5 Å². The van der Waals surface area contributed by atoms with Gasteiger partial charge in [-0.15, -0.1) is 0 Å². The number of rotatable bonds is 6. The quantitative estimate of drug-likeness (QED) is 0.776. The second-order valence-corrected chi connectivity index (χ2v) is 7.27. The van der Waals surface area contributed by atoms with Gasteiger partial charge in [0.05, 0.1) is 13.0 Å². The molecule has 0 radical (unpaired) electrons. The molecule has 0 saturated heterocycles. The van der Waals surface area contributed by atoms with E-state index in [1.807, 2.05) is 32.0 Å². The maximum Gasteiger partial charge on any atom is 0.224 e. The first kappa shape index (κ1) is 18.5. The number of hydrogen-bond acceptors (Lipinski definition) is 3. The van der Waals surface area contributed by atoms with E-state index in [0.717, 1.165) is 17.7 Å². The molecule has 0 aliphatic carbocycles. The molecule has 26 heavy (non-hydrogen) atoms. The second kappa shape index (κ2) is 7.54. The van der Waals surface area contributed by atoms with E-state index >= 15 is 0 Å². The zero-order chi connectivity index (χ0) is 18.7. The Morgan fingerprint density at radius 1 is 1.31 bits per heavy atom. The summed E-state index contributed by atoms with van der Waals surface area (Å²) in [5.41, 5.74) is 1.07. The van der Waals surface area contributed by atoms with E-state index in [-0.39, 0.29) is 35.1 Å². The fourth-order valence-electron chi connectivity index (χ4n) is 2.98. The van der Waals surface area contributed by atoms with Crippen molar-refractivity contribution in [1.82, 2.24) is 5.32 Å². The summed E-state index contributed by atoms with van der Waals surface area (Å²) < 4.78 is 25.4. The summed E-state index contributed by atoms with van der Waals surface area (Å²) in [5.74, 6) is 0.640. The molecule has 1 aliphatic heterocycles. The smallest absolute Gasteiger partial charge is 0.224 e. The number of amides is 1. The maximum atomic E-state index is 13.7. The predicted octanol–water partition coefficient (Wildman–Crippen LogP) is 3.93. The van der Waals surface area contributed by atoms with Crippen LogP contribution in [0.15, 0.2) is 36.4 Å². The van der Waals surface area contributed by atoms with Crippen LogP contribution in [-0.4, -0.2) is 24.7 Å². The number of para-hydroxylation sites is 1. The molecule has 1 aliphatic rings. The summed E-state index contributed by atoms with van der Waals surface area (Å²) in [6.07, 6.45) is 0.725. The van der Waals surface area contributed by atoms with Gasteiger partial charge in [-0.1, -0.05) is 29.8 Å². The minimum Gasteiger partial charge on any atom is -0.488 e. The summed E-state index contributed by atoms with van der Waals surface area (Å²) in [4.78, 5) is 12.0. The lowest BCUT2D eigenvalue weighted by Crippen LogP contribution is -2.29. The van der Waals surface area contributed by atoms with Crippen molar-refractivity contribution in [2.45, 2.75) is 32.3 Å². The fraction of sp³-hybridized carbons (Fsp3) is 0.350. The van der Waals surface area contributed by atoms with E-state index < -0.39 is 5.82 Å². The third-order valence-corrected chi connectivity index (χ3v) is 4.49. The molecule has 3 rings (SSSR count). The number of carbonyl (C=O) groups is 1. The van der Waals surface area contributed by atoms with Crippen molar-refractivity contribution in [2.24, 2.45) is 0 Å². The van der Waals surface area contributed by atoms with Gasteiger partial charge < -0.3 is 14.8 Å². The van der Waals surface area contributed by atoms with Crippen LogP contribution in [0, 0.1) is 5.82 Å². The highest BCUT2D eigenvalue weighted by atomic mass is 35.5. The first-order valence-electron chi connectivity index (χ1n) is 8.49. The number of ether oxygens (including phenoxy) is 2. The molecule has 4 nitrogen and oxygen atoms in total. The molecule has 138 valence electrons. The van der Waals surface area contributed by atoms with Gasteiger partial charge in [-0.25, -0.2) is 4.39 Å². The zero-order valence-electron chi connectivity index (χ0n) is 14.8. The molecule has 1 heterocycles. The number of halogens is 2. The van der Waals surface area contributed by atoms with Crippen molar-refractivity contribution in [3.63, 3.8) is 0 Å². The van der Waals surface area contributed by atoms with Crippen LogP contribution in [0.4, 0.5) is 4.39 Å². The van der Waals surface area contributed by atoms with E-state index in [1.165, 1.54) is 12.1 Å². The van der Waals surface area contributed by atoms with Crippen molar-refractivity contribution in [2.75, 3.05) is 13.2 Å². The summed E-state index contributed by atoms with van der Waals surface area (Å²) in [6.45, 7) is 4.66. The van der Waals surface area contributed by atoms with Crippen LogP contribution in [0.25, 0.3) is 0 Å². The van der Waals surface area contributed by atoms with Crippen LogP contribution in [-0.2, 0) is 17.6 Å². The molecule has 2 aromatic rings. The molecule has 0 spiro atoms. The van der Waals surface area contributed by atoms with Gasteiger partial charge in [0.25, 0.3) is 0 Å². The normalized spacial score (nSPS) is 14.5. The highest BCUT2D eigenvalue weighted by molar-refractivity contribution is 6.31. The molecule has 0 unspecified atom stereocenters. The lowest BCUT2D eigenvalue weighted by molar-refractivity contribution is -0.120. The number of hydrogen-bond donors (Lipinski definition) is 1. The minimum absolute atomic E-state index is 0.108. The van der Waals surface area contributed by atoms with E-state index in [9.17, 15) is 9.18 Å². The molecular formula is C20H21ClFNO3. The molecular weight excluding hydrogens is 357 g/mol. The fourth-order valence-corrected chi connectivity index (χ4v) is 3.21. The van der Waals surface area contributed by atoms with Crippen molar-refractivity contribution in [3.8, 4) is 11.5 Å². The Morgan fingerprint density at radius 3 is 2.85 bits per heavy atom. The zero-order valence-corrected chi connectivity index (χ0v) is 15.5. The molecule has 2 aromatic carbocycles. The summed E-state index contributed by atoms with van der Waals surface area (Å²) in [5, 5.41) is 2.96. The highest BCUT2D eigenvalue weighted by Gasteiger charge is 2.32. The third-order valence-electron chi connectivity index (χ3n) is 4.14. The Labute approximate surface area is 157 Å². The Kier molecular flexibility index (Phi) is 5.37. The lowest BCUT2D eigenvalue weighted by atomic mass is 10.0. The topological polar surface area (TPSA) is 47.6 Å². The molecule has 1 amide bonds. The molecule has 0 fully saturated rings. The van der Waals surface area contributed by atoms with Crippen LogP contribution in [0.2, 0.25) is 5.02 Å². The molecule has 0 aromatic heterocycles. The number of fused-ring (bicyclic) bond motifs is 1. The largest absolute Gasteiger partial charge is 0.488 e. The van der Waals surface area contributed by atoms with Crippen LogP contribution >= 0.6 is 11.6 Å². The Morgan fingerprint density at radius 2 is 2.08 bits per heavy atom. The SMILES string of the molecule is CC1(C)Cc2cccc(OCCNC(=O)Cc3c(F)cccc3Cl)c2O1. The summed E-state index contributed by atoms with van der Waals surface area (Å²) >= 11 is 5.93. The molecule has 1 N–H and O–H groups in total. The van der Waals surface area contributed by atoms with Gasteiger partial charge >= 0.3 is 0 Å². The number of benzene rings is 2. The van der Waals surface area contributed by atoms with Crippen molar-refractivity contribution >= 4 is 17.5 Å². The van der Waals surface area contributed by atoms with Crippen LogP contribution < -0.4 is 14.8 Å². The van der Waals surface area contributed by atoms with Gasteiger partial charge in [-0.2, -0.15) is 0 Å². The van der Waals surface area contributed by atoms with Gasteiger partial charge in [-0.05, 0) is 32.0 Å². The number of carbonyl (C=O) groups excluding carboxylic acids is 1. The molecule has 0 atom stereocenters. The van der Waals surface area contributed by atoms with Crippen LogP contribution in [0.3, 0.4) is 0 Å². The Balaban J connectivity index is 1.50. The summed E-state index contributed by atoms with van der Waals surface area (Å²) in [7, 11) is 0. The average molecular weight is 378 g/mol. The predicted molar refractivity (Wildman–Crippen MR) is 98.5 cm³/mol. The summed E-state index contributed by atoms with van der Waals surface area (Å²) in [6, 6.07) is 10.2. The van der Waals surface area contributed by atoms with E-state index in [1.54, 1.807) is 6.07 Å². The minimum atomic E-state index is -0.483. The highest BCUT2D eigenvalue weighted by Crippen LogP contribution is 2.41. The van der Waals surface area contributed by atoms with Crippen molar-refractivity contribution < 1.29 is 18.7 Å². The maximum absolute atomic E-state index is 13.7. The monoisotopic (exact) mass is 377 g/mol. The third kappa shape index (κ3) is 4.28. The van der Waals surface area contributed by atoms with E-state index in [4.69, 9.17) is 21.1 Å². The van der Waals surface area contributed by atoms with Gasteiger partial charge in [0.1, 0.15) is 18.0 Å². The Bertz CT molecular complexity index is 802. The Hall–Kier alpha value is -2.27.